The van der Waals surface area contributed by atoms with E-state index >= 15 is 0 Å². The van der Waals surface area contributed by atoms with Gasteiger partial charge in [0, 0.05) is 36.8 Å². The predicted octanol–water partition coefficient (Wildman–Crippen LogP) is 3.66. The van der Waals surface area contributed by atoms with Gasteiger partial charge < -0.3 is 9.42 Å². The summed E-state index contributed by atoms with van der Waals surface area (Å²) in [6.45, 7) is 4.19. The lowest BCUT2D eigenvalue weighted by Gasteiger charge is -2.34. The first-order valence-corrected chi connectivity index (χ1v) is 9.90. The fourth-order valence-electron chi connectivity index (χ4n) is 3.46. The van der Waals surface area contributed by atoms with Gasteiger partial charge in [0.2, 0.25) is 11.7 Å². The molecule has 0 amide bonds. The molecule has 7 nitrogen and oxygen atoms in total. The van der Waals surface area contributed by atoms with E-state index in [1.807, 2.05) is 54.7 Å². The molecule has 0 atom stereocenters. The molecule has 0 radical (unpaired) electrons. The van der Waals surface area contributed by atoms with E-state index in [4.69, 9.17) is 21.1 Å². The first-order chi connectivity index (χ1) is 14.2. The molecule has 8 heteroatoms. The van der Waals surface area contributed by atoms with Crippen LogP contribution in [0.25, 0.3) is 22.4 Å². The van der Waals surface area contributed by atoms with Crippen molar-refractivity contribution in [1.82, 2.24) is 25.0 Å². The van der Waals surface area contributed by atoms with Crippen LogP contribution >= 0.6 is 11.6 Å². The zero-order valence-electron chi connectivity index (χ0n) is 15.7. The zero-order chi connectivity index (χ0) is 19.6. The van der Waals surface area contributed by atoms with Crippen LogP contribution in [0.3, 0.4) is 0 Å². The van der Waals surface area contributed by atoms with Gasteiger partial charge in [-0.25, -0.2) is 4.98 Å². The molecular weight excluding hydrogens is 388 g/mol. The Balaban J connectivity index is 1.21. The van der Waals surface area contributed by atoms with Crippen LogP contribution in [0.2, 0.25) is 5.02 Å². The molecule has 1 aliphatic heterocycles. The second kappa shape index (κ2) is 7.77. The Morgan fingerprint density at radius 3 is 2.45 bits per heavy atom. The highest BCUT2D eigenvalue weighted by Gasteiger charge is 2.21. The highest BCUT2D eigenvalue weighted by atomic mass is 35.5. The number of rotatable bonds is 4. The lowest BCUT2D eigenvalue weighted by atomic mass is 10.2. The molecule has 1 aliphatic rings. The molecule has 29 heavy (non-hydrogen) atoms. The molecular formula is C21H19ClN6O. The van der Waals surface area contributed by atoms with Crippen LogP contribution in [-0.4, -0.2) is 51.2 Å². The molecule has 2 aromatic carbocycles. The van der Waals surface area contributed by atoms with Crippen molar-refractivity contribution in [3.05, 3.63) is 65.6 Å². The number of para-hydroxylation sites is 2. The Kier molecular flexibility index (Phi) is 4.83. The number of fused-ring (bicyclic) bond motifs is 1. The molecule has 2 aromatic heterocycles. The van der Waals surface area contributed by atoms with E-state index in [1.54, 1.807) is 0 Å². The van der Waals surface area contributed by atoms with E-state index in [1.165, 1.54) is 0 Å². The monoisotopic (exact) mass is 406 g/mol. The van der Waals surface area contributed by atoms with E-state index in [0.29, 0.717) is 23.3 Å². The Morgan fingerprint density at radius 1 is 0.897 bits per heavy atom. The highest BCUT2D eigenvalue weighted by Crippen LogP contribution is 2.20. The van der Waals surface area contributed by atoms with Crippen LogP contribution in [-0.2, 0) is 6.54 Å². The Bertz CT molecular complexity index is 1120. The Labute approximate surface area is 172 Å². The van der Waals surface area contributed by atoms with Gasteiger partial charge in [-0.2, -0.15) is 4.98 Å². The van der Waals surface area contributed by atoms with Gasteiger partial charge in [-0.15, -0.1) is 0 Å². The number of piperazine rings is 1. The van der Waals surface area contributed by atoms with Gasteiger partial charge >= 0.3 is 0 Å². The maximum absolute atomic E-state index is 5.93. The Hall–Kier alpha value is -3.03. The first-order valence-electron chi connectivity index (χ1n) is 9.52. The molecule has 146 valence electrons. The maximum Gasteiger partial charge on any atom is 0.241 e. The fraction of sp³-hybridized carbons (Fsp3) is 0.238. The van der Waals surface area contributed by atoms with Crippen molar-refractivity contribution in [3.8, 4) is 11.4 Å². The summed E-state index contributed by atoms with van der Waals surface area (Å²) >= 11 is 5.93. The van der Waals surface area contributed by atoms with Crippen molar-refractivity contribution in [1.29, 1.82) is 0 Å². The third-order valence-electron chi connectivity index (χ3n) is 5.06. The summed E-state index contributed by atoms with van der Waals surface area (Å²) in [6, 6.07) is 15.4. The van der Waals surface area contributed by atoms with Crippen molar-refractivity contribution >= 4 is 28.5 Å². The maximum atomic E-state index is 5.93. The van der Waals surface area contributed by atoms with E-state index in [0.717, 1.165) is 48.6 Å². The second-order valence-corrected chi connectivity index (χ2v) is 7.44. The van der Waals surface area contributed by atoms with Crippen LogP contribution in [0, 0.1) is 0 Å². The number of nitrogens with zero attached hydrogens (tertiary/aromatic N) is 6. The molecule has 0 aliphatic carbocycles. The van der Waals surface area contributed by atoms with Crippen molar-refractivity contribution in [2.45, 2.75) is 6.54 Å². The van der Waals surface area contributed by atoms with Gasteiger partial charge in [0.15, 0.2) is 0 Å². The second-order valence-electron chi connectivity index (χ2n) is 7.00. The normalized spacial score (nSPS) is 15.1. The van der Waals surface area contributed by atoms with Crippen molar-refractivity contribution in [3.63, 3.8) is 0 Å². The number of halogens is 1. The average molecular weight is 407 g/mol. The molecule has 5 rings (SSSR count). The van der Waals surface area contributed by atoms with Crippen LogP contribution in [0.15, 0.2) is 59.3 Å². The minimum atomic E-state index is 0.585. The summed E-state index contributed by atoms with van der Waals surface area (Å²) in [5, 5.41) is 4.78. The minimum Gasteiger partial charge on any atom is -0.353 e. The fourth-order valence-corrected chi connectivity index (χ4v) is 3.59. The molecule has 4 aromatic rings. The summed E-state index contributed by atoms with van der Waals surface area (Å²) in [6.07, 6.45) is 1.86. The molecule has 1 saturated heterocycles. The quantitative estimate of drug-likeness (QED) is 0.512. The molecule has 0 unspecified atom stereocenters. The number of hydrogen-bond acceptors (Lipinski definition) is 7. The molecule has 0 saturated carbocycles. The van der Waals surface area contributed by atoms with E-state index in [2.05, 4.69) is 24.9 Å². The molecule has 0 bridgehead atoms. The molecule has 0 N–H and O–H groups in total. The predicted molar refractivity (Wildman–Crippen MR) is 112 cm³/mol. The Morgan fingerprint density at radius 2 is 1.66 bits per heavy atom. The number of benzene rings is 2. The van der Waals surface area contributed by atoms with Crippen LogP contribution in [0.4, 0.5) is 5.82 Å². The van der Waals surface area contributed by atoms with E-state index in [9.17, 15) is 0 Å². The number of hydrogen-bond donors (Lipinski definition) is 0. The average Bonchev–Trinajstić information content (AvgIpc) is 3.23. The van der Waals surface area contributed by atoms with Gasteiger partial charge in [0.05, 0.1) is 23.8 Å². The van der Waals surface area contributed by atoms with Crippen molar-refractivity contribution in [2.75, 3.05) is 31.1 Å². The van der Waals surface area contributed by atoms with E-state index < -0.39 is 0 Å². The molecule has 1 fully saturated rings. The topological polar surface area (TPSA) is 71.2 Å². The zero-order valence-corrected chi connectivity index (χ0v) is 16.5. The van der Waals surface area contributed by atoms with Crippen molar-refractivity contribution < 1.29 is 4.52 Å². The summed E-state index contributed by atoms with van der Waals surface area (Å²) < 4.78 is 5.44. The molecule has 0 spiro atoms. The van der Waals surface area contributed by atoms with Crippen LogP contribution in [0.5, 0.6) is 0 Å². The summed E-state index contributed by atoms with van der Waals surface area (Å²) in [5.74, 6) is 2.13. The van der Waals surface area contributed by atoms with Gasteiger partial charge in [-0.3, -0.25) is 9.88 Å². The third-order valence-corrected chi connectivity index (χ3v) is 5.31. The summed E-state index contributed by atoms with van der Waals surface area (Å²) in [7, 11) is 0. The lowest BCUT2D eigenvalue weighted by molar-refractivity contribution is 0.215. The summed E-state index contributed by atoms with van der Waals surface area (Å²) in [4.78, 5) is 18.4. The highest BCUT2D eigenvalue weighted by molar-refractivity contribution is 6.30. The standard InChI is InChI=1S/C21H19ClN6O/c22-16-7-5-15(6-8-16)21-25-20(29-26-21)14-27-9-11-28(12-10-27)19-13-23-17-3-1-2-4-18(17)24-19/h1-8,13H,9-12,14H2. The lowest BCUT2D eigenvalue weighted by Crippen LogP contribution is -2.46. The number of anilines is 1. The number of aromatic nitrogens is 4. The van der Waals surface area contributed by atoms with Gasteiger partial charge in [-0.1, -0.05) is 28.9 Å². The van der Waals surface area contributed by atoms with Gasteiger partial charge in [-0.05, 0) is 36.4 Å². The third kappa shape index (κ3) is 3.92. The van der Waals surface area contributed by atoms with Crippen LogP contribution in [0.1, 0.15) is 5.89 Å². The van der Waals surface area contributed by atoms with E-state index in [-0.39, 0.29) is 0 Å². The molecule has 3 heterocycles. The smallest absolute Gasteiger partial charge is 0.241 e. The largest absolute Gasteiger partial charge is 0.353 e. The first kappa shape index (κ1) is 18.0. The van der Waals surface area contributed by atoms with Gasteiger partial charge in [0.25, 0.3) is 0 Å². The SMILES string of the molecule is Clc1ccc(-c2noc(CN3CCN(c4cnc5ccccc5n4)CC3)n2)cc1. The van der Waals surface area contributed by atoms with Gasteiger partial charge in [0.1, 0.15) is 5.82 Å². The summed E-state index contributed by atoms with van der Waals surface area (Å²) in [5.41, 5.74) is 2.74. The minimum absolute atomic E-state index is 0.585. The van der Waals surface area contributed by atoms with Crippen molar-refractivity contribution in [2.24, 2.45) is 0 Å². The van der Waals surface area contributed by atoms with Crippen LogP contribution < -0.4 is 4.90 Å².